The molecule has 3 rings (SSSR count). The molecule has 1 unspecified atom stereocenters. The van der Waals surface area contributed by atoms with Crippen molar-refractivity contribution < 1.29 is 22.7 Å². The molecule has 1 heterocycles. The minimum absolute atomic E-state index is 0.162. The van der Waals surface area contributed by atoms with Crippen LogP contribution in [-0.4, -0.2) is 39.9 Å². The molecule has 10 heteroatoms. The lowest BCUT2D eigenvalue weighted by Gasteiger charge is -2.16. The van der Waals surface area contributed by atoms with Crippen molar-refractivity contribution in [2.75, 3.05) is 13.7 Å². The van der Waals surface area contributed by atoms with Crippen LogP contribution < -0.4 is 19.5 Å². The molecule has 0 fully saturated rings. The molecule has 1 atom stereocenters. The van der Waals surface area contributed by atoms with Gasteiger partial charge in [0.1, 0.15) is 11.9 Å². The fourth-order valence-electron chi connectivity index (χ4n) is 3.50. The van der Waals surface area contributed by atoms with Crippen LogP contribution in [0.5, 0.6) is 11.5 Å². The second kappa shape index (κ2) is 10.9. The van der Waals surface area contributed by atoms with E-state index in [1.165, 1.54) is 13.2 Å². The Labute approximate surface area is 199 Å². The van der Waals surface area contributed by atoms with Crippen molar-refractivity contribution >= 4 is 33.4 Å². The van der Waals surface area contributed by atoms with Crippen LogP contribution in [0.25, 0.3) is 0 Å². The Morgan fingerprint density at radius 1 is 1.24 bits per heavy atom. The first-order chi connectivity index (χ1) is 15.8. The fraction of sp³-hybridized carbons (Fsp3) is 0.391. The van der Waals surface area contributed by atoms with E-state index in [0.717, 1.165) is 18.4 Å². The highest BCUT2D eigenvalue weighted by atomic mass is 35.5. The summed E-state index contributed by atoms with van der Waals surface area (Å²) in [4.78, 5) is 17.7. The molecule has 0 saturated carbocycles. The average molecular weight is 494 g/mol. The molecule has 0 saturated heterocycles. The van der Waals surface area contributed by atoms with Gasteiger partial charge in [0.05, 0.1) is 23.6 Å². The molecule has 1 aliphatic heterocycles. The molecule has 0 bridgehead atoms. The Kier molecular flexibility index (Phi) is 8.20. The molecule has 33 heavy (non-hydrogen) atoms. The number of sulfonamides is 1. The first-order valence-corrected chi connectivity index (χ1v) is 12.6. The molecule has 2 N–H and O–H groups in total. The summed E-state index contributed by atoms with van der Waals surface area (Å²) in [6, 6.07) is 9.31. The maximum Gasteiger partial charge on any atom is 0.263 e. The van der Waals surface area contributed by atoms with E-state index in [9.17, 15) is 13.2 Å². The number of amidine groups is 1. The zero-order valence-electron chi connectivity index (χ0n) is 18.9. The van der Waals surface area contributed by atoms with E-state index in [1.807, 2.05) is 13.8 Å². The van der Waals surface area contributed by atoms with E-state index in [0.29, 0.717) is 35.1 Å². The number of ether oxygens (including phenoxy) is 2. The van der Waals surface area contributed by atoms with Gasteiger partial charge >= 0.3 is 0 Å². The average Bonchev–Trinajstić information content (AvgIpc) is 3.06. The predicted molar refractivity (Wildman–Crippen MR) is 128 cm³/mol. The number of nitrogens with one attached hydrogen (secondary N) is 2. The number of aliphatic imine (C=N–C) groups is 1. The summed E-state index contributed by atoms with van der Waals surface area (Å²) in [7, 11) is -2.15. The zero-order valence-corrected chi connectivity index (χ0v) is 20.4. The van der Waals surface area contributed by atoms with Crippen molar-refractivity contribution in [1.82, 2.24) is 10.0 Å². The van der Waals surface area contributed by atoms with Crippen LogP contribution in [0, 0.1) is 0 Å². The molecule has 0 spiro atoms. The van der Waals surface area contributed by atoms with Gasteiger partial charge in [-0.3, -0.25) is 14.5 Å². The molecule has 8 nitrogen and oxygen atoms in total. The number of fused-ring (bicyclic) bond motifs is 1. The summed E-state index contributed by atoms with van der Waals surface area (Å²) in [5, 5.41) is 3.27. The van der Waals surface area contributed by atoms with E-state index in [-0.39, 0.29) is 23.2 Å². The largest absolute Gasteiger partial charge is 0.493 e. The van der Waals surface area contributed by atoms with E-state index < -0.39 is 16.1 Å². The Morgan fingerprint density at radius 2 is 2.00 bits per heavy atom. The van der Waals surface area contributed by atoms with Gasteiger partial charge in [-0.2, -0.15) is 0 Å². The third-order valence-electron chi connectivity index (χ3n) is 5.13. The van der Waals surface area contributed by atoms with E-state index >= 15 is 0 Å². The topological polar surface area (TPSA) is 106 Å². The molecular formula is C23H28ClN3O5S. The third kappa shape index (κ3) is 5.78. The van der Waals surface area contributed by atoms with E-state index in [1.54, 1.807) is 30.3 Å². The van der Waals surface area contributed by atoms with Crippen molar-refractivity contribution in [2.24, 2.45) is 4.99 Å². The second-order valence-corrected chi connectivity index (χ2v) is 9.56. The van der Waals surface area contributed by atoms with Gasteiger partial charge in [-0.1, -0.05) is 43.5 Å². The molecule has 2 aromatic carbocycles. The van der Waals surface area contributed by atoms with Crippen LogP contribution in [0.4, 0.5) is 0 Å². The summed E-state index contributed by atoms with van der Waals surface area (Å²) in [5.74, 6) is 0.820. The molecule has 0 aliphatic carbocycles. The van der Waals surface area contributed by atoms with Gasteiger partial charge in [-0.05, 0) is 43.2 Å². The van der Waals surface area contributed by atoms with Gasteiger partial charge in [0.15, 0.2) is 11.5 Å². The third-order valence-corrected chi connectivity index (χ3v) is 6.80. The summed E-state index contributed by atoms with van der Waals surface area (Å²) in [5.41, 5.74) is 1.21. The standard InChI is InChI=1S/C23H28ClN3O5S/c1-4-6-10-18(26-22-16-9-7-8-11-20(16)33(29,30)27-22)23(28)25-14-15-12-17(24)21(32-5-2)19(13-15)31-3/h7-9,11-13,18H,4-6,10,14H2,1-3H3,(H,25,28)(H,26,27). The highest BCUT2D eigenvalue weighted by molar-refractivity contribution is 7.90. The van der Waals surface area contributed by atoms with Crippen LogP contribution in [0.3, 0.4) is 0 Å². The molecular weight excluding hydrogens is 466 g/mol. The second-order valence-electron chi connectivity index (χ2n) is 7.50. The first kappa shape index (κ1) is 24.9. The van der Waals surface area contributed by atoms with Crippen molar-refractivity contribution in [3.8, 4) is 11.5 Å². The molecule has 178 valence electrons. The number of carbonyl (C=O) groups is 1. The quantitative estimate of drug-likeness (QED) is 0.525. The van der Waals surface area contributed by atoms with Crippen molar-refractivity contribution in [1.29, 1.82) is 0 Å². The Balaban J connectivity index is 1.80. The van der Waals surface area contributed by atoms with Crippen molar-refractivity contribution in [3.63, 3.8) is 0 Å². The van der Waals surface area contributed by atoms with Crippen molar-refractivity contribution in [3.05, 3.63) is 52.5 Å². The Bertz CT molecular complexity index is 1150. The van der Waals surface area contributed by atoms with Gasteiger partial charge in [0, 0.05) is 12.1 Å². The van der Waals surface area contributed by atoms with Crippen molar-refractivity contribution in [2.45, 2.75) is 50.6 Å². The number of hydrogen-bond acceptors (Lipinski definition) is 6. The molecule has 0 radical (unpaired) electrons. The smallest absolute Gasteiger partial charge is 0.263 e. The number of nitrogens with zero attached hydrogens (tertiary/aromatic N) is 1. The number of methoxy groups -OCH3 is 1. The van der Waals surface area contributed by atoms with E-state index in [4.69, 9.17) is 21.1 Å². The summed E-state index contributed by atoms with van der Waals surface area (Å²) >= 11 is 6.32. The number of hydrogen-bond donors (Lipinski definition) is 2. The molecule has 1 aliphatic rings. The first-order valence-electron chi connectivity index (χ1n) is 10.8. The van der Waals surface area contributed by atoms with E-state index in [2.05, 4.69) is 15.0 Å². The van der Waals surface area contributed by atoms with Crippen LogP contribution in [-0.2, 0) is 21.4 Å². The van der Waals surface area contributed by atoms with Gasteiger partial charge in [-0.25, -0.2) is 8.42 Å². The normalized spacial score (nSPS) is 16.1. The van der Waals surface area contributed by atoms with Crippen LogP contribution >= 0.6 is 11.6 Å². The molecule has 1 amide bonds. The molecule has 2 aromatic rings. The minimum Gasteiger partial charge on any atom is -0.493 e. The number of rotatable bonds is 10. The summed E-state index contributed by atoms with van der Waals surface area (Å²) in [6.45, 7) is 4.52. The predicted octanol–water partition coefficient (Wildman–Crippen LogP) is 3.66. The lowest BCUT2D eigenvalue weighted by molar-refractivity contribution is -0.122. The van der Waals surface area contributed by atoms with Crippen LogP contribution in [0.15, 0.2) is 46.3 Å². The highest BCUT2D eigenvalue weighted by Crippen LogP contribution is 2.36. The minimum atomic E-state index is -3.68. The monoisotopic (exact) mass is 493 g/mol. The van der Waals surface area contributed by atoms with Gasteiger partial charge < -0.3 is 14.8 Å². The SMILES string of the molecule is CCCCC(N=C1NS(=O)(=O)c2ccccc21)C(=O)NCc1cc(Cl)c(OCC)c(OC)c1. The number of amides is 1. The number of unbranched alkanes of at least 4 members (excludes halogenated alkanes) is 1. The maximum absolute atomic E-state index is 13.0. The zero-order chi connectivity index (χ0) is 24.0. The molecule has 0 aromatic heterocycles. The lowest BCUT2D eigenvalue weighted by Crippen LogP contribution is -2.35. The van der Waals surface area contributed by atoms with Gasteiger partial charge in [0.2, 0.25) is 5.91 Å². The van der Waals surface area contributed by atoms with Gasteiger partial charge in [0.25, 0.3) is 10.0 Å². The number of halogens is 1. The Morgan fingerprint density at radius 3 is 2.70 bits per heavy atom. The highest BCUT2D eigenvalue weighted by Gasteiger charge is 2.31. The lowest BCUT2D eigenvalue weighted by atomic mass is 10.1. The number of benzene rings is 2. The fourth-order valence-corrected chi connectivity index (χ4v) is 5.03. The summed E-state index contributed by atoms with van der Waals surface area (Å²) in [6.07, 6.45) is 2.14. The summed E-state index contributed by atoms with van der Waals surface area (Å²) < 4.78 is 38.1. The number of carbonyl (C=O) groups excluding carboxylic acids is 1. The van der Waals surface area contributed by atoms with Gasteiger partial charge in [-0.15, -0.1) is 0 Å². The van der Waals surface area contributed by atoms with Crippen LogP contribution in [0.2, 0.25) is 5.02 Å². The maximum atomic E-state index is 13.0. The van der Waals surface area contributed by atoms with Crippen LogP contribution in [0.1, 0.15) is 44.2 Å². The Hall–Kier alpha value is -2.78.